The third kappa shape index (κ3) is 5.56. The van der Waals surface area contributed by atoms with E-state index >= 15 is 0 Å². The Balaban J connectivity index is 1.98. The quantitative estimate of drug-likeness (QED) is 0.314. The van der Waals surface area contributed by atoms with Crippen molar-refractivity contribution >= 4 is 17.6 Å². The minimum Gasteiger partial charge on any atom is -0.438 e. The molecule has 0 aliphatic rings. The SMILES string of the molecule is CCOCCCNC(=O)/C(C#N)=C/c1c(Oc2ccc(F)cc2)nc2ccccn2c1=O. The van der Waals surface area contributed by atoms with Crippen LogP contribution in [0.5, 0.6) is 11.6 Å². The number of pyridine rings is 1. The zero-order chi connectivity index (χ0) is 22.9. The Kier molecular flexibility index (Phi) is 7.67. The maximum Gasteiger partial charge on any atom is 0.269 e. The van der Waals surface area contributed by atoms with Crippen molar-refractivity contribution in [1.82, 2.24) is 14.7 Å². The highest BCUT2D eigenvalue weighted by atomic mass is 19.1. The van der Waals surface area contributed by atoms with Crippen molar-refractivity contribution in [1.29, 1.82) is 5.26 Å². The Morgan fingerprint density at radius 2 is 2.06 bits per heavy atom. The van der Waals surface area contributed by atoms with Gasteiger partial charge in [0, 0.05) is 26.0 Å². The first-order valence-electron chi connectivity index (χ1n) is 9.96. The van der Waals surface area contributed by atoms with E-state index in [1.165, 1.54) is 34.9 Å². The fourth-order valence-corrected chi connectivity index (χ4v) is 2.81. The van der Waals surface area contributed by atoms with Crippen LogP contribution in [0.15, 0.2) is 59.0 Å². The molecule has 9 heteroatoms. The highest BCUT2D eigenvalue weighted by Crippen LogP contribution is 2.24. The molecule has 0 saturated carbocycles. The number of hydrogen-bond donors (Lipinski definition) is 1. The van der Waals surface area contributed by atoms with Crippen LogP contribution in [0.2, 0.25) is 0 Å². The molecule has 0 spiro atoms. The zero-order valence-electron chi connectivity index (χ0n) is 17.4. The van der Waals surface area contributed by atoms with Gasteiger partial charge in [-0.25, -0.2) is 4.39 Å². The second-order valence-corrected chi connectivity index (χ2v) is 6.60. The van der Waals surface area contributed by atoms with Crippen LogP contribution < -0.4 is 15.6 Å². The van der Waals surface area contributed by atoms with Crippen LogP contribution in [0.4, 0.5) is 4.39 Å². The molecule has 2 aromatic heterocycles. The lowest BCUT2D eigenvalue weighted by Gasteiger charge is -2.10. The monoisotopic (exact) mass is 436 g/mol. The van der Waals surface area contributed by atoms with Crippen LogP contribution in [0.25, 0.3) is 11.7 Å². The van der Waals surface area contributed by atoms with E-state index in [1.807, 2.05) is 13.0 Å². The molecule has 0 radical (unpaired) electrons. The van der Waals surface area contributed by atoms with Gasteiger partial charge in [-0.05, 0) is 55.8 Å². The van der Waals surface area contributed by atoms with Gasteiger partial charge in [-0.2, -0.15) is 10.2 Å². The molecule has 164 valence electrons. The fourth-order valence-electron chi connectivity index (χ4n) is 2.81. The minimum absolute atomic E-state index is 0.0842. The maximum atomic E-state index is 13.2. The highest BCUT2D eigenvalue weighted by molar-refractivity contribution is 6.01. The number of nitrogens with zero attached hydrogens (tertiary/aromatic N) is 3. The van der Waals surface area contributed by atoms with Gasteiger partial charge in [-0.15, -0.1) is 0 Å². The van der Waals surface area contributed by atoms with E-state index < -0.39 is 17.3 Å². The topological polar surface area (TPSA) is 106 Å². The first-order chi connectivity index (χ1) is 15.5. The predicted octanol–water partition coefficient (Wildman–Crippen LogP) is 3.08. The molecule has 3 aromatic rings. The molecular formula is C23H21FN4O4. The molecule has 0 unspecified atom stereocenters. The number of fused-ring (bicyclic) bond motifs is 1. The molecule has 0 saturated heterocycles. The van der Waals surface area contributed by atoms with Crippen molar-refractivity contribution in [2.45, 2.75) is 13.3 Å². The van der Waals surface area contributed by atoms with Gasteiger partial charge in [0.2, 0.25) is 5.88 Å². The van der Waals surface area contributed by atoms with Crippen molar-refractivity contribution in [3.8, 4) is 17.7 Å². The molecule has 1 N–H and O–H groups in total. The molecular weight excluding hydrogens is 415 g/mol. The molecule has 0 atom stereocenters. The predicted molar refractivity (Wildman–Crippen MR) is 116 cm³/mol. The molecule has 1 amide bonds. The third-order valence-electron chi connectivity index (χ3n) is 4.37. The van der Waals surface area contributed by atoms with Gasteiger partial charge in [-0.3, -0.25) is 14.0 Å². The number of nitriles is 1. The summed E-state index contributed by atoms with van der Waals surface area (Å²) in [6, 6.07) is 12.0. The summed E-state index contributed by atoms with van der Waals surface area (Å²) in [6.45, 7) is 3.24. The number of halogens is 1. The van der Waals surface area contributed by atoms with Gasteiger partial charge >= 0.3 is 0 Å². The average molecular weight is 436 g/mol. The van der Waals surface area contributed by atoms with Gasteiger partial charge in [0.25, 0.3) is 11.5 Å². The Hall–Kier alpha value is -4.03. The zero-order valence-corrected chi connectivity index (χ0v) is 17.4. The van der Waals surface area contributed by atoms with E-state index in [-0.39, 0.29) is 22.8 Å². The Morgan fingerprint density at radius 3 is 2.78 bits per heavy atom. The van der Waals surface area contributed by atoms with Crippen molar-refractivity contribution in [2.24, 2.45) is 0 Å². The number of benzene rings is 1. The second kappa shape index (κ2) is 10.8. The second-order valence-electron chi connectivity index (χ2n) is 6.60. The Labute approximate surface area is 183 Å². The normalized spacial score (nSPS) is 11.2. The molecule has 8 nitrogen and oxygen atoms in total. The van der Waals surface area contributed by atoms with E-state index in [2.05, 4.69) is 10.3 Å². The summed E-state index contributed by atoms with van der Waals surface area (Å²) < 4.78 is 25.4. The molecule has 0 bridgehead atoms. The molecule has 32 heavy (non-hydrogen) atoms. The summed E-state index contributed by atoms with van der Waals surface area (Å²) in [5.74, 6) is -0.942. The number of carbonyl (C=O) groups excluding carboxylic acids is 1. The van der Waals surface area contributed by atoms with E-state index in [4.69, 9.17) is 9.47 Å². The lowest BCUT2D eigenvalue weighted by Crippen LogP contribution is -2.27. The smallest absolute Gasteiger partial charge is 0.269 e. The van der Waals surface area contributed by atoms with Crippen molar-refractivity contribution < 1.29 is 18.7 Å². The number of amides is 1. The van der Waals surface area contributed by atoms with Crippen molar-refractivity contribution in [3.05, 3.63) is 76.0 Å². The summed E-state index contributed by atoms with van der Waals surface area (Å²) in [4.78, 5) is 29.9. The Bertz CT molecular complexity index is 1230. The molecule has 0 aliphatic carbocycles. The molecule has 0 aliphatic heterocycles. The van der Waals surface area contributed by atoms with Gasteiger partial charge in [0.1, 0.15) is 34.4 Å². The van der Waals surface area contributed by atoms with E-state index in [9.17, 15) is 19.2 Å². The van der Waals surface area contributed by atoms with Crippen LogP contribution in [0.3, 0.4) is 0 Å². The number of nitrogens with one attached hydrogen (secondary N) is 1. The maximum absolute atomic E-state index is 13.2. The number of hydrogen-bond acceptors (Lipinski definition) is 6. The summed E-state index contributed by atoms with van der Waals surface area (Å²) in [5.41, 5.74) is -0.575. The third-order valence-corrected chi connectivity index (χ3v) is 4.37. The summed E-state index contributed by atoms with van der Waals surface area (Å²) in [6.07, 6.45) is 3.24. The van der Waals surface area contributed by atoms with E-state index in [0.717, 1.165) is 6.08 Å². The summed E-state index contributed by atoms with van der Waals surface area (Å²) in [5, 5.41) is 12.1. The van der Waals surface area contributed by atoms with Crippen LogP contribution in [-0.2, 0) is 9.53 Å². The number of carbonyl (C=O) groups is 1. The largest absolute Gasteiger partial charge is 0.438 e. The highest BCUT2D eigenvalue weighted by Gasteiger charge is 2.17. The minimum atomic E-state index is -0.630. The molecule has 0 fully saturated rings. The molecule has 3 rings (SSSR count). The van der Waals surface area contributed by atoms with Gasteiger partial charge in [-0.1, -0.05) is 6.07 Å². The number of aromatic nitrogens is 2. The molecule has 1 aromatic carbocycles. The van der Waals surface area contributed by atoms with Gasteiger partial charge < -0.3 is 14.8 Å². The van der Waals surface area contributed by atoms with Crippen LogP contribution >= 0.6 is 0 Å². The van der Waals surface area contributed by atoms with Gasteiger partial charge in [0.05, 0.1) is 0 Å². The van der Waals surface area contributed by atoms with Crippen LogP contribution in [0, 0.1) is 17.1 Å². The summed E-state index contributed by atoms with van der Waals surface area (Å²) >= 11 is 0. The lowest BCUT2D eigenvalue weighted by molar-refractivity contribution is -0.117. The van der Waals surface area contributed by atoms with Crippen LogP contribution in [0.1, 0.15) is 18.9 Å². The first-order valence-corrected chi connectivity index (χ1v) is 9.96. The molecule has 2 heterocycles. The van der Waals surface area contributed by atoms with Crippen molar-refractivity contribution in [2.75, 3.05) is 19.8 Å². The lowest BCUT2D eigenvalue weighted by atomic mass is 10.1. The first kappa shape index (κ1) is 22.7. The Morgan fingerprint density at radius 1 is 1.28 bits per heavy atom. The van der Waals surface area contributed by atoms with Gasteiger partial charge in [0.15, 0.2) is 0 Å². The van der Waals surface area contributed by atoms with E-state index in [0.29, 0.717) is 31.8 Å². The number of ether oxygens (including phenoxy) is 2. The van der Waals surface area contributed by atoms with Crippen molar-refractivity contribution in [3.63, 3.8) is 0 Å². The number of rotatable bonds is 9. The fraction of sp³-hybridized carbons (Fsp3) is 0.217. The summed E-state index contributed by atoms with van der Waals surface area (Å²) in [7, 11) is 0. The average Bonchev–Trinajstić information content (AvgIpc) is 2.80. The van der Waals surface area contributed by atoms with E-state index in [1.54, 1.807) is 18.2 Å². The van der Waals surface area contributed by atoms with Crippen LogP contribution in [-0.4, -0.2) is 35.1 Å². The standard InChI is InChI=1S/C23H21FN4O4/c1-2-31-13-5-11-26-21(29)16(15-25)14-19-22(32-18-9-7-17(24)8-10-18)27-20-6-3-4-12-28(20)23(19)30/h3-4,6-10,12,14H,2,5,11,13H2,1H3,(H,26,29)/b16-14+.